The number of benzene rings is 2. The van der Waals surface area contributed by atoms with Gasteiger partial charge in [-0.1, -0.05) is 6.07 Å². The number of amides is 1. The highest BCUT2D eigenvalue weighted by atomic mass is 79.9. The molecular weight excluding hydrogens is 400 g/mol. The monoisotopic (exact) mass is 412 g/mol. The third kappa shape index (κ3) is 4.22. The fourth-order valence-corrected chi connectivity index (χ4v) is 2.87. The van der Waals surface area contributed by atoms with Crippen LogP contribution in [-0.2, 0) is 0 Å². The number of hydrogen-bond acceptors (Lipinski definition) is 3. The number of hydrogen-bond donors (Lipinski definition) is 2. The molecule has 21 heavy (non-hydrogen) atoms. The number of para-hydroxylation sites is 1. The van der Waals surface area contributed by atoms with Crippen molar-refractivity contribution in [1.82, 2.24) is 5.43 Å². The Balaban J connectivity index is 2.01. The Morgan fingerprint density at radius 2 is 1.71 bits per heavy atom. The predicted octanol–water partition coefficient (Wildman–Crippen LogP) is 4.37. The van der Waals surface area contributed by atoms with Gasteiger partial charge in [0.05, 0.1) is 12.3 Å². The Kier molecular flexibility index (Phi) is 5.64. The van der Waals surface area contributed by atoms with Crippen LogP contribution in [0.15, 0.2) is 51.4 Å². The summed E-state index contributed by atoms with van der Waals surface area (Å²) in [6, 6.07) is 12.6. The van der Waals surface area contributed by atoms with Crippen LogP contribution >= 0.6 is 31.9 Å². The minimum absolute atomic E-state index is 0.222. The van der Waals surface area contributed by atoms with Gasteiger partial charge in [-0.2, -0.15) is 0 Å². The molecule has 0 heterocycles. The van der Waals surface area contributed by atoms with E-state index in [-0.39, 0.29) is 5.91 Å². The summed E-state index contributed by atoms with van der Waals surface area (Å²) >= 11 is 6.84. The molecule has 2 aromatic rings. The third-order valence-electron chi connectivity index (χ3n) is 2.69. The van der Waals surface area contributed by atoms with E-state index >= 15 is 0 Å². The molecule has 0 aliphatic heterocycles. The van der Waals surface area contributed by atoms with Gasteiger partial charge in [-0.15, -0.1) is 0 Å². The van der Waals surface area contributed by atoms with Crippen molar-refractivity contribution >= 4 is 43.5 Å². The minimum atomic E-state index is -0.222. The lowest BCUT2D eigenvalue weighted by molar-refractivity contribution is 0.0962. The highest BCUT2D eigenvalue weighted by Gasteiger charge is 2.08. The van der Waals surface area contributed by atoms with Crippen LogP contribution in [-0.4, -0.2) is 12.5 Å². The van der Waals surface area contributed by atoms with E-state index in [1.165, 1.54) is 0 Å². The molecule has 0 atom stereocenters. The first-order valence-corrected chi connectivity index (χ1v) is 7.93. The molecule has 0 saturated heterocycles. The zero-order valence-corrected chi connectivity index (χ0v) is 14.5. The van der Waals surface area contributed by atoms with Gasteiger partial charge in [0.1, 0.15) is 5.75 Å². The molecular formula is C15H14Br2N2O2. The summed E-state index contributed by atoms with van der Waals surface area (Å²) < 4.78 is 7.04. The number of anilines is 1. The summed E-state index contributed by atoms with van der Waals surface area (Å²) in [5.41, 5.74) is 6.86. The Labute approximate surface area is 140 Å². The summed E-state index contributed by atoms with van der Waals surface area (Å²) in [5, 5.41) is 0. The van der Waals surface area contributed by atoms with Gasteiger partial charge in [-0.05, 0) is 75.2 Å². The van der Waals surface area contributed by atoms with Crippen LogP contribution in [0, 0.1) is 0 Å². The first-order chi connectivity index (χ1) is 10.1. The first-order valence-electron chi connectivity index (χ1n) is 6.35. The van der Waals surface area contributed by atoms with Crippen LogP contribution in [0.25, 0.3) is 0 Å². The second kappa shape index (κ2) is 7.47. The number of carbonyl (C=O) groups excluding carboxylic acids is 1. The third-order valence-corrected chi connectivity index (χ3v) is 4.01. The van der Waals surface area contributed by atoms with Gasteiger partial charge in [-0.3, -0.25) is 15.6 Å². The molecule has 110 valence electrons. The van der Waals surface area contributed by atoms with E-state index in [0.717, 1.165) is 20.4 Å². The quantitative estimate of drug-likeness (QED) is 0.715. The summed E-state index contributed by atoms with van der Waals surface area (Å²) in [5.74, 6) is 0.524. The van der Waals surface area contributed by atoms with Crippen molar-refractivity contribution in [3.8, 4) is 5.75 Å². The Morgan fingerprint density at radius 1 is 1.10 bits per heavy atom. The maximum Gasteiger partial charge on any atom is 0.269 e. The van der Waals surface area contributed by atoms with Crippen molar-refractivity contribution in [2.75, 3.05) is 12.0 Å². The molecule has 2 N–H and O–H groups in total. The molecule has 0 aliphatic rings. The molecule has 0 radical (unpaired) electrons. The van der Waals surface area contributed by atoms with Gasteiger partial charge < -0.3 is 4.74 Å². The predicted molar refractivity (Wildman–Crippen MR) is 90.5 cm³/mol. The van der Waals surface area contributed by atoms with Crippen LogP contribution in [0.2, 0.25) is 0 Å². The number of ether oxygens (including phenoxy) is 1. The molecule has 2 rings (SSSR count). The van der Waals surface area contributed by atoms with Gasteiger partial charge in [-0.25, -0.2) is 0 Å². The molecule has 6 heteroatoms. The maximum atomic E-state index is 12.1. The van der Waals surface area contributed by atoms with Gasteiger partial charge in [0, 0.05) is 14.5 Å². The molecule has 0 aliphatic carbocycles. The van der Waals surface area contributed by atoms with E-state index in [4.69, 9.17) is 4.74 Å². The van der Waals surface area contributed by atoms with Gasteiger partial charge in [0.15, 0.2) is 0 Å². The number of rotatable bonds is 5. The van der Waals surface area contributed by atoms with E-state index in [1.54, 1.807) is 24.3 Å². The fraction of sp³-hybridized carbons (Fsp3) is 0.133. The molecule has 0 spiro atoms. The average Bonchev–Trinajstić information content (AvgIpc) is 2.47. The topological polar surface area (TPSA) is 50.4 Å². The molecule has 0 aromatic heterocycles. The van der Waals surface area contributed by atoms with Crippen molar-refractivity contribution in [2.45, 2.75) is 6.92 Å². The van der Waals surface area contributed by atoms with Crippen molar-refractivity contribution in [3.63, 3.8) is 0 Å². The molecule has 0 unspecified atom stereocenters. The van der Waals surface area contributed by atoms with Gasteiger partial charge >= 0.3 is 0 Å². The molecule has 2 aromatic carbocycles. The normalized spacial score (nSPS) is 10.0. The largest absolute Gasteiger partial charge is 0.494 e. The van der Waals surface area contributed by atoms with Crippen molar-refractivity contribution in [1.29, 1.82) is 0 Å². The van der Waals surface area contributed by atoms with E-state index in [1.807, 2.05) is 25.1 Å². The Bertz CT molecular complexity index is 610. The molecule has 0 fully saturated rings. The highest BCUT2D eigenvalue weighted by Crippen LogP contribution is 2.29. The highest BCUT2D eigenvalue weighted by molar-refractivity contribution is 9.11. The van der Waals surface area contributed by atoms with Gasteiger partial charge in [0.2, 0.25) is 0 Å². The second-order valence-electron chi connectivity index (χ2n) is 4.13. The van der Waals surface area contributed by atoms with Crippen molar-refractivity contribution in [2.24, 2.45) is 0 Å². The SMILES string of the molecule is CCOc1ccc(C(=O)NNc2c(Br)cccc2Br)cc1. The van der Waals surface area contributed by atoms with E-state index in [0.29, 0.717) is 12.2 Å². The molecule has 0 saturated carbocycles. The summed E-state index contributed by atoms with van der Waals surface area (Å²) in [4.78, 5) is 12.1. The number of halogens is 2. The maximum absolute atomic E-state index is 12.1. The number of carbonyl (C=O) groups is 1. The Hall–Kier alpha value is -1.53. The molecule has 4 nitrogen and oxygen atoms in total. The Morgan fingerprint density at radius 3 is 2.29 bits per heavy atom. The minimum Gasteiger partial charge on any atom is -0.494 e. The van der Waals surface area contributed by atoms with E-state index < -0.39 is 0 Å². The average molecular weight is 414 g/mol. The van der Waals surface area contributed by atoms with Crippen LogP contribution < -0.4 is 15.6 Å². The van der Waals surface area contributed by atoms with Crippen molar-refractivity contribution < 1.29 is 9.53 Å². The standard InChI is InChI=1S/C15H14Br2N2O2/c1-2-21-11-8-6-10(7-9-11)15(20)19-18-14-12(16)4-3-5-13(14)17/h3-9,18H,2H2,1H3,(H,19,20). The summed E-state index contributed by atoms with van der Waals surface area (Å²) in [6.45, 7) is 2.52. The second-order valence-corrected chi connectivity index (χ2v) is 5.84. The lowest BCUT2D eigenvalue weighted by Gasteiger charge is -2.12. The number of nitrogens with one attached hydrogen (secondary N) is 2. The van der Waals surface area contributed by atoms with Crippen LogP contribution in [0.1, 0.15) is 17.3 Å². The zero-order valence-electron chi connectivity index (χ0n) is 11.3. The van der Waals surface area contributed by atoms with E-state index in [2.05, 4.69) is 42.7 Å². The van der Waals surface area contributed by atoms with Crippen LogP contribution in [0.4, 0.5) is 5.69 Å². The lowest BCUT2D eigenvalue weighted by atomic mass is 10.2. The van der Waals surface area contributed by atoms with Gasteiger partial charge in [0.25, 0.3) is 5.91 Å². The molecule has 1 amide bonds. The molecule has 0 bridgehead atoms. The van der Waals surface area contributed by atoms with E-state index in [9.17, 15) is 4.79 Å². The first kappa shape index (κ1) is 15.9. The lowest BCUT2D eigenvalue weighted by Crippen LogP contribution is -2.29. The fourth-order valence-electron chi connectivity index (χ4n) is 1.68. The van der Waals surface area contributed by atoms with Crippen LogP contribution in [0.5, 0.6) is 5.75 Å². The van der Waals surface area contributed by atoms with Crippen LogP contribution in [0.3, 0.4) is 0 Å². The van der Waals surface area contributed by atoms with Crippen molar-refractivity contribution in [3.05, 3.63) is 57.0 Å². The summed E-state index contributed by atoms with van der Waals surface area (Å²) in [6.07, 6.45) is 0. The smallest absolute Gasteiger partial charge is 0.269 e. The summed E-state index contributed by atoms with van der Waals surface area (Å²) in [7, 11) is 0. The number of hydrazine groups is 1. The zero-order chi connectivity index (χ0) is 15.2.